The van der Waals surface area contributed by atoms with Gasteiger partial charge in [0.15, 0.2) is 11.8 Å². The molecule has 5 nitrogen and oxygen atoms in total. The Bertz CT molecular complexity index is 586. The van der Waals surface area contributed by atoms with Crippen molar-refractivity contribution in [3.05, 3.63) is 15.1 Å². The maximum atomic E-state index is 12.5. The minimum absolute atomic E-state index is 0.0362. The molecule has 0 radical (unpaired) electrons. The first-order chi connectivity index (χ1) is 11.4. The van der Waals surface area contributed by atoms with Crippen molar-refractivity contribution in [2.24, 2.45) is 5.92 Å². The minimum Gasteiger partial charge on any atom is -0.447 e. The van der Waals surface area contributed by atoms with Crippen LogP contribution in [0, 0.1) is 5.92 Å². The second kappa shape index (κ2) is 9.02. The van der Waals surface area contributed by atoms with Gasteiger partial charge in [-0.25, -0.2) is 4.79 Å². The summed E-state index contributed by atoms with van der Waals surface area (Å²) in [6, 6.07) is 0.164. The summed E-state index contributed by atoms with van der Waals surface area (Å²) in [5, 5.41) is 3.08. The van der Waals surface area contributed by atoms with Crippen LogP contribution < -0.4 is 5.32 Å². The lowest BCUT2D eigenvalue weighted by Gasteiger charge is -2.26. The Labute approximate surface area is 156 Å². The normalized spacial score (nSPS) is 16.9. The Hall–Kier alpha value is -0.850. The zero-order valence-electron chi connectivity index (χ0n) is 13.8. The van der Waals surface area contributed by atoms with Crippen molar-refractivity contribution in [2.45, 2.75) is 64.5 Å². The molecule has 0 bridgehead atoms. The van der Waals surface area contributed by atoms with Gasteiger partial charge in [-0.3, -0.25) is 4.79 Å². The zero-order valence-corrected chi connectivity index (χ0v) is 16.1. The third kappa shape index (κ3) is 5.33. The van der Waals surface area contributed by atoms with Crippen LogP contribution in [0.1, 0.15) is 62.9 Å². The molecule has 24 heavy (non-hydrogen) atoms. The predicted octanol–water partition coefficient (Wildman–Crippen LogP) is 4.47. The van der Waals surface area contributed by atoms with Crippen LogP contribution in [0.5, 0.6) is 0 Å². The third-order valence-corrected chi connectivity index (χ3v) is 5.58. The molecule has 1 aromatic heterocycles. The fourth-order valence-electron chi connectivity index (χ4n) is 2.75. The van der Waals surface area contributed by atoms with Crippen molar-refractivity contribution in [2.75, 3.05) is 0 Å². The van der Waals surface area contributed by atoms with Crippen molar-refractivity contribution in [3.63, 3.8) is 0 Å². The Kier molecular flexibility index (Phi) is 7.32. The quantitative estimate of drug-likeness (QED) is 0.724. The molecular weight excluding hydrogens is 371 g/mol. The van der Waals surface area contributed by atoms with Crippen LogP contribution in [0.2, 0.25) is 9.36 Å². The lowest BCUT2D eigenvalue weighted by atomic mass is 9.95. The molecule has 1 N–H and O–H groups in total. The predicted molar refractivity (Wildman–Crippen MR) is 95.8 cm³/mol. The van der Waals surface area contributed by atoms with Gasteiger partial charge >= 0.3 is 5.97 Å². The summed E-state index contributed by atoms with van der Waals surface area (Å²) in [7, 11) is 0. The third-order valence-electron chi connectivity index (χ3n) is 3.97. The Morgan fingerprint density at radius 3 is 2.50 bits per heavy atom. The van der Waals surface area contributed by atoms with Gasteiger partial charge in [0.05, 0.1) is 0 Å². The molecule has 2 rings (SSSR count). The molecule has 1 amide bonds. The number of halogens is 2. The second-order valence-corrected chi connectivity index (χ2v) is 8.24. The molecular formula is C16H22Cl2N2O3S. The maximum absolute atomic E-state index is 12.5. The summed E-state index contributed by atoms with van der Waals surface area (Å²) in [5.74, 6) is -0.761. The topological polar surface area (TPSA) is 68.3 Å². The highest BCUT2D eigenvalue weighted by atomic mass is 35.5. The van der Waals surface area contributed by atoms with E-state index in [1.165, 1.54) is 6.42 Å². The van der Waals surface area contributed by atoms with Gasteiger partial charge in [0.1, 0.15) is 9.36 Å². The maximum Gasteiger partial charge on any atom is 0.360 e. The molecule has 1 saturated carbocycles. The van der Waals surface area contributed by atoms with E-state index in [4.69, 9.17) is 27.9 Å². The first-order valence-electron chi connectivity index (χ1n) is 8.20. The largest absolute Gasteiger partial charge is 0.447 e. The van der Waals surface area contributed by atoms with Crippen molar-refractivity contribution in [1.82, 2.24) is 9.69 Å². The van der Waals surface area contributed by atoms with Crippen LogP contribution in [0.3, 0.4) is 0 Å². The SMILES string of the molecule is CC(C)C[C@@H](OC(=O)c1nsc(Cl)c1Cl)C(=O)NC1CCCCC1. The number of rotatable bonds is 6. The Morgan fingerprint density at radius 2 is 1.96 bits per heavy atom. The van der Waals surface area contributed by atoms with Gasteiger partial charge < -0.3 is 10.1 Å². The first kappa shape index (κ1) is 19.5. The number of hydrogen-bond acceptors (Lipinski definition) is 5. The minimum atomic E-state index is -0.851. The molecule has 0 spiro atoms. The monoisotopic (exact) mass is 392 g/mol. The zero-order chi connectivity index (χ0) is 17.7. The van der Waals surface area contributed by atoms with Crippen LogP contribution >= 0.6 is 34.7 Å². The number of esters is 1. The number of carbonyl (C=O) groups excluding carboxylic acids is 2. The van der Waals surface area contributed by atoms with Gasteiger partial charge in [-0.15, -0.1) is 0 Å². The number of ether oxygens (including phenoxy) is 1. The van der Waals surface area contributed by atoms with Crippen molar-refractivity contribution >= 4 is 46.6 Å². The van der Waals surface area contributed by atoms with Gasteiger partial charge in [0.25, 0.3) is 5.91 Å². The van der Waals surface area contributed by atoms with Crippen LogP contribution in [-0.2, 0) is 9.53 Å². The molecule has 1 heterocycles. The van der Waals surface area contributed by atoms with Gasteiger partial charge in [0, 0.05) is 6.04 Å². The molecule has 0 unspecified atom stereocenters. The summed E-state index contributed by atoms with van der Waals surface area (Å²) >= 11 is 12.7. The van der Waals surface area contributed by atoms with Gasteiger partial charge in [-0.2, -0.15) is 4.37 Å². The average molecular weight is 393 g/mol. The van der Waals surface area contributed by atoms with E-state index >= 15 is 0 Å². The summed E-state index contributed by atoms with van der Waals surface area (Å²) < 4.78 is 9.52. The van der Waals surface area contributed by atoms with Crippen molar-refractivity contribution in [1.29, 1.82) is 0 Å². The molecule has 0 aromatic carbocycles. The number of hydrogen-bond donors (Lipinski definition) is 1. The molecule has 1 fully saturated rings. The molecule has 134 valence electrons. The second-order valence-electron chi connectivity index (χ2n) is 6.49. The molecule has 0 aliphatic heterocycles. The molecule has 1 aliphatic rings. The summed E-state index contributed by atoms with van der Waals surface area (Å²) in [6.07, 6.45) is 4.98. The van der Waals surface area contributed by atoms with E-state index in [2.05, 4.69) is 9.69 Å². The van der Waals surface area contributed by atoms with Crippen LogP contribution in [0.4, 0.5) is 0 Å². The van der Waals surface area contributed by atoms with Gasteiger partial charge in [0.2, 0.25) is 0 Å². The van der Waals surface area contributed by atoms with E-state index in [0.29, 0.717) is 6.42 Å². The molecule has 1 atom stereocenters. The van der Waals surface area contributed by atoms with E-state index in [-0.39, 0.29) is 32.9 Å². The smallest absolute Gasteiger partial charge is 0.360 e. The first-order valence-corrected chi connectivity index (χ1v) is 9.73. The number of amides is 1. The fourth-order valence-corrected chi connectivity index (χ4v) is 3.73. The summed E-state index contributed by atoms with van der Waals surface area (Å²) in [6.45, 7) is 3.95. The number of nitrogens with one attached hydrogen (secondary N) is 1. The Balaban J connectivity index is 2.02. The van der Waals surface area contributed by atoms with Crippen molar-refractivity contribution in [3.8, 4) is 0 Å². The summed E-state index contributed by atoms with van der Waals surface area (Å²) in [4.78, 5) is 24.8. The highest BCUT2D eigenvalue weighted by molar-refractivity contribution is 7.11. The van der Waals surface area contributed by atoms with E-state index in [1.54, 1.807) is 0 Å². The van der Waals surface area contributed by atoms with Crippen LogP contribution in [-0.4, -0.2) is 28.4 Å². The number of carbonyl (C=O) groups is 2. The van der Waals surface area contributed by atoms with Gasteiger partial charge in [-0.05, 0) is 36.7 Å². The van der Waals surface area contributed by atoms with Crippen LogP contribution in [0.25, 0.3) is 0 Å². The lowest BCUT2D eigenvalue weighted by molar-refractivity contribution is -0.131. The Morgan fingerprint density at radius 1 is 1.29 bits per heavy atom. The van der Waals surface area contributed by atoms with E-state index < -0.39 is 12.1 Å². The molecule has 8 heteroatoms. The highest BCUT2D eigenvalue weighted by Crippen LogP contribution is 2.30. The number of aromatic nitrogens is 1. The van der Waals surface area contributed by atoms with Crippen molar-refractivity contribution < 1.29 is 14.3 Å². The van der Waals surface area contributed by atoms with Gasteiger partial charge in [-0.1, -0.05) is 56.3 Å². The van der Waals surface area contributed by atoms with Crippen LogP contribution in [0.15, 0.2) is 0 Å². The average Bonchev–Trinajstić information content (AvgIpc) is 2.87. The molecule has 1 aromatic rings. The van der Waals surface area contributed by atoms with E-state index in [1.807, 2.05) is 13.8 Å². The van der Waals surface area contributed by atoms with E-state index in [0.717, 1.165) is 37.2 Å². The van der Waals surface area contributed by atoms with E-state index in [9.17, 15) is 9.59 Å². The highest BCUT2D eigenvalue weighted by Gasteiger charge is 2.29. The standard InChI is InChI=1S/C16H22Cl2N2O3S/c1-9(2)8-11(15(21)19-10-6-4-3-5-7-10)23-16(22)13-12(17)14(18)24-20-13/h9-11H,3-8H2,1-2H3,(H,19,21)/t11-/m1/s1. The fraction of sp³-hybridized carbons (Fsp3) is 0.688. The molecule has 1 aliphatic carbocycles. The number of nitrogens with zero attached hydrogens (tertiary/aromatic N) is 1. The lowest BCUT2D eigenvalue weighted by Crippen LogP contribution is -2.44. The summed E-state index contributed by atoms with van der Waals surface area (Å²) in [5.41, 5.74) is -0.0362. The molecule has 0 saturated heterocycles.